The van der Waals surface area contributed by atoms with Crippen molar-refractivity contribution in [2.24, 2.45) is 5.92 Å². The van der Waals surface area contributed by atoms with E-state index >= 15 is 0 Å². The van der Waals surface area contributed by atoms with Crippen molar-refractivity contribution in [1.82, 2.24) is 20.4 Å². The van der Waals surface area contributed by atoms with Gasteiger partial charge in [-0.1, -0.05) is 18.1 Å². The summed E-state index contributed by atoms with van der Waals surface area (Å²) >= 11 is 0. The van der Waals surface area contributed by atoms with Crippen LogP contribution in [0.4, 0.5) is 0 Å². The SMILES string of the molecule is C[C@H]1CN(Cc2ccccn2)C[C@@H]1NC(=O)c1cc(C2CC2)on1. The lowest BCUT2D eigenvalue weighted by atomic mass is 10.1. The molecule has 2 aromatic rings. The van der Waals surface area contributed by atoms with Gasteiger partial charge in [-0.25, -0.2) is 0 Å². The Morgan fingerprint density at radius 2 is 2.25 bits per heavy atom. The minimum Gasteiger partial charge on any atom is -0.360 e. The van der Waals surface area contributed by atoms with Crippen molar-refractivity contribution in [2.75, 3.05) is 13.1 Å². The van der Waals surface area contributed by atoms with Crippen molar-refractivity contribution < 1.29 is 9.32 Å². The average Bonchev–Trinajstić information content (AvgIpc) is 3.21. The summed E-state index contributed by atoms with van der Waals surface area (Å²) in [6.07, 6.45) is 4.09. The third-order valence-corrected chi connectivity index (χ3v) is 4.86. The van der Waals surface area contributed by atoms with Gasteiger partial charge in [-0.2, -0.15) is 0 Å². The number of nitrogens with one attached hydrogen (secondary N) is 1. The maximum Gasteiger partial charge on any atom is 0.273 e. The van der Waals surface area contributed by atoms with Crippen LogP contribution in [-0.2, 0) is 6.54 Å². The molecule has 24 heavy (non-hydrogen) atoms. The molecule has 1 saturated carbocycles. The summed E-state index contributed by atoms with van der Waals surface area (Å²) in [4.78, 5) is 19.1. The molecule has 2 aliphatic rings. The van der Waals surface area contributed by atoms with E-state index in [1.165, 1.54) is 0 Å². The molecule has 126 valence electrons. The first-order valence-corrected chi connectivity index (χ1v) is 8.59. The zero-order valence-corrected chi connectivity index (χ0v) is 13.8. The molecule has 1 aliphatic carbocycles. The molecule has 2 fully saturated rings. The highest BCUT2D eigenvalue weighted by Crippen LogP contribution is 2.40. The van der Waals surface area contributed by atoms with Gasteiger partial charge in [-0.15, -0.1) is 0 Å². The predicted molar refractivity (Wildman–Crippen MR) is 88.4 cm³/mol. The largest absolute Gasteiger partial charge is 0.360 e. The second-order valence-electron chi connectivity index (χ2n) is 6.96. The standard InChI is InChI=1S/C18H22N4O2/c1-12-9-22(10-14-4-2-3-7-19-14)11-16(12)20-18(23)15-8-17(24-21-15)13-5-6-13/h2-4,7-8,12-13,16H,5-6,9-11H2,1H3,(H,20,23)/t12-,16-/m0/s1. The van der Waals surface area contributed by atoms with Crippen molar-refractivity contribution in [1.29, 1.82) is 0 Å². The first-order valence-electron chi connectivity index (χ1n) is 8.59. The topological polar surface area (TPSA) is 71.3 Å². The molecule has 0 bridgehead atoms. The van der Waals surface area contributed by atoms with Crippen LogP contribution in [0.5, 0.6) is 0 Å². The Balaban J connectivity index is 1.34. The number of pyridine rings is 1. The van der Waals surface area contributed by atoms with Crippen LogP contribution in [0.3, 0.4) is 0 Å². The Kier molecular flexibility index (Phi) is 4.06. The Labute approximate surface area is 141 Å². The molecule has 1 N–H and O–H groups in total. The molecule has 2 atom stereocenters. The second kappa shape index (κ2) is 6.36. The first kappa shape index (κ1) is 15.3. The van der Waals surface area contributed by atoms with Crippen LogP contribution in [0.25, 0.3) is 0 Å². The number of hydrogen-bond acceptors (Lipinski definition) is 5. The van der Waals surface area contributed by atoms with E-state index in [0.717, 1.165) is 43.9 Å². The number of nitrogens with zero attached hydrogens (tertiary/aromatic N) is 3. The van der Waals surface area contributed by atoms with Crippen LogP contribution >= 0.6 is 0 Å². The monoisotopic (exact) mass is 326 g/mol. The van der Waals surface area contributed by atoms with Crippen molar-refractivity contribution in [3.63, 3.8) is 0 Å². The van der Waals surface area contributed by atoms with Crippen molar-refractivity contribution in [3.05, 3.63) is 47.6 Å². The van der Waals surface area contributed by atoms with E-state index in [1.54, 1.807) is 6.07 Å². The number of carbonyl (C=O) groups excluding carboxylic acids is 1. The minimum absolute atomic E-state index is 0.127. The van der Waals surface area contributed by atoms with Gasteiger partial charge in [0.15, 0.2) is 5.69 Å². The number of likely N-dealkylation sites (tertiary alicyclic amines) is 1. The molecule has 6 heteroatoms. The molecule has 1 aliphatic heterocycles. The van der Waals surface area contributed by atoms with Gasteiger partial charge >= 0.3 is 0 Å². The van der Waals surface area contributed by atoms with Crippen molar-refractivity contribution in [3.8, 4) is 0 Å². The van der Waals surface area contributed by atoms with E-state index in [1.807, 2.05) is 24.4 Å². The highest BCUT2D eigenvalue weighted by molar-refractivity contribution is 5.92. The molecule has 0 spiro atoms. The molecule has 1 saturated heterocycles. The molecular weight excluding hydrogens is 304 g/mol. The summed E-state index contributed by atoms with van der Waals surface area (Å²) in [5.74, 6) is 1.57. The summed E-state index contributed by atoms with van der Waals surface area (Å²) in [7, 11) is 0. The minimum atomic E-state index is -0.137. The van der Waals surface area contributed by atoms with E-state index in [-0.39, 0.29) is 11.9 Å². The summed E-state index contributed by atoms with van der Waals surface area (Å²) < 4.78 is 5.27. The lowest BCUT2D eigenvalue weighted by Gasteiger charge is -2.16. The van der Waals surface area contributed by atoms with Gasteiger partial charge in [-0.05, 0) is 30.9 Å². The Morgan fingerprint density at radius 1 is 1.38 bits per heavy atom. The lowest BCUT2D eigenvalue weighted by Crippen LogP contribution is -2.40. The summed E-state index contributed by atoms with van der Waals surface area (Å²) in [6.45, 7) is 4.76. The molecule has 4 rings (SSSR count). The van der Waals surface area contributed by atoms with E-state index in [0.29, 0.717) is 17.5 Å². The molecular formula is C18H22N4O2. The zero-order chi connectivity index (χ0) is 16.5. The molecule has 0 radical (unpaired) electrons. The molecule has 3 heterocycles. The normalized spacial score (nSPS) is 24.2. The Hall–Kier alpha value is -2.21. The summed E-state index contributed by atoms with van der Waals surface area (Å²) in [5, 5.41) is 7.03. The highest BCUT2D eigenvalue weighted by Gasteiger charge is 2.33. The van der Waals surface area contributed by atoms with Crippen LogP contribution in [-0.4, -0.2) is 40.1 Å². The average molecular weight is 326 g/mol. The van der Waals surface area contributed by atoms with Crippen LogP contribution in [0.1, 0.15) is 47.6 Å². The third kappa shape index (κ3) is 3.33. The molecule has 6 nitrogen and oxygen atoms in total. The van der Waals surface area contributed by atoms with Crippen LogP contribution in [0.15, 0.2) is 35.0 Å². The number of rotatable bonds is 5. The second-order valence-corrected chi connectivity index (χ2v) is 6.96. The van der Waals surface area contributed by atoms with Crippen molar-refractivity contribution in [2.45, 2.75) is 38.3 Å². The zero-order valence-electron chi connectivity index (χ0n) is 13.8. The van der Waals surface area contributed by atoms with Gasteiger partial charge < -0.3 is 9.84 Å². The van der Waals surface area contributed by atoms with Crippen molar-refractivity contribution >= 4 is 5.91 Å². The molecule has 0 aromatic carbocycles. The number of amides is 1. The quantitative estimate of drug-likeness (QED) is 0.912. The molecule has 0 unspecified atom stereocenters. The Morgan fingerprint density at radius 3 is 3.00 bits per heavy atom. The number of hydrogen-bond donors (Lipinski definition) is 1. The fourth-order valence-corrected chi connectivity index (χ4v) is 3.30. The highest BCUT2D eigenvalue weighted by atomic mass is 16.5. The fourth-order valence-electron chi connectivity index (χ4n) is 3.30. The third-order valence-electron chi connectivity index (χ3n) is 4.86. The maximum atomic E-state index is 12.4. The van der Waals surface area contributed by atoms with Gasteiger partial charge in [0, 0.05) is 43.9 Å². The molecule has 1 amide bonds. The maximum absolute atomic E-state index is 12.4. The van der Waals surface area contributed by atoms with E-state index in [4.69, 9.17) is 4.52 Å². The fraction of sp³-hybridized carbons (Fsp3) is 0.500. The van der Waals surface area contributed by atoms with Gasteiger partial charge in [0.25, 0.3) is 5.91 Å². The molecule has 2 aromatic heterocycles. The van der Waals surface area contributed by atoms with Crippen LogP contribution in [0.2, 0.25) is 0 Å². The van der Waals surface area contributed by atoms with Crippen LogP contribution in [0, 0.1) is 5.92 Å². The first-order chi connectivity index (χ1) is 11.7. The van der Waals surface area contributed by atoms with Gasteiger partial charge in [0.2, 0.25) is 0 Å². The number of aromatic nitrogens is 2. The Bertz CT molecular complexity index is 711. The predicted octanol–water partition coefficient (Wildman–Crippen LogP) is 2.20. The number of carbonyl (C=O) groups is 1. The van der Waals surface area contributed by atoms with Gasteiger partial charge in [-0.3, -0.25) is 14.7 Å². The van der Waals surface area contributed by atoms with Gasteiger partial charge in [0.05, 0.1) is 5.69 Å². The van der Waals surface area contributed by atoms with Gasteiger partial charge in [0.1, 0.15) is 5.76 Å². The van der Waals surface area contributed by atoms with E-state index in [2.05, 4.69) is 27.3 Å². The summed E-state index contributed by atoms with van der Waals surface area (Å²) in [5.41, 5.74) is 1.45. The van der Waals surface area contributed by atoms with E-state index < -0.39 is 0 Å². The summed E-state index contributed by atoms with van der Waals surface area (Å²) in [6, 6.07) is 7.88. The van der Waals surface area contributed by atoms with E-state index in [9.17, 15) is 4.79 Å². The smallest absolute Gasteiger partial charge is 0.273 e. The lowest BCUT2D eigenvalue weighted by molar-refractivity contribution is 0.0922. The van der Waals surface area contributed by atoms with Crippen LogP contribution < -0.4 is 5.32 Å².